The average molecular weight is 344 g/mol. The van der Waals surface area contributed by atoms with Crippen LogP contribution in [0.2, 0.25) is 0 Å². The highest BCUT2D eigenvalue weighted by molar-refractivity contribution is 6.28. The summed E-state index contributed by atoms with van der Waals surface area (Å²) >= 11 is 0. The number of pyridine rings is 1. The van der Waals surface area contributed by atoms with E-state index in [0.717, 1.165) is 64.9 Å². The summed E-state index contributed by atoms with van der Waals surface area (Å²) in [6.07, 6.45) is 2.07. The van der Waals surface area contributed by atoms with Gasteiger partial charge < -0.3 is 10.0 Å². The number of carbonyl (C=O) groups is 1. The Kier molecular flexibility index (Phi) is 3.54. The predicted octanol–water partition coefficient (Wildman–Crippen LogP) is 3.65. The Hall–Kier alpha value is -2.72. The zero-order valence-electron chi connectivity index (χ0n) is 14.5. The minimum Gasteiger partial charge on any atom is -0.396 e. The van der Waals surface area contributed by atoms with Crippen LogP contribution >= 0.6 is 0 Å². The lowest BCUT2D eigenvalue weighted by molar-refractivity contribution is 0.104. The van der Waals surface area contributed by atoms with Gasteiger partial charge in [-0.2, -0.15) is 0 Å². The predicted molar refractivity (Wildman–Crippen MR) is 103 cm³/mol. The van der Waals surface area contributed by atoms with Crippen LogP contribution in [0.15, 0.2) is 48.5 Å². The summed E-state index contributed by atoms with van der Waals surface area (Å²) in [6, 6.07) is 15.7. The van der Waals surface area contributed by atoms with Crippen molar-refractivity contribution in [2.24, 2.45) is 5.92 Å². The van der Waals surface area contributed by atoms with Gasteiger partial charge in [0.25, 0.3) is 0 Å². The van der Waals surface area contributed by atoms with Gasteiger partial charge in [-0.3, -0.25) is 4.79 Å². The number of aliphatic hydroxyl groups excluding tert-OH is 1. The summed E-state index contributed by atoms with van der Waals surface area (Å²) in [5.74, 6) is 1.24. The number of benzene rings is 2. The van der Waals surface area contributed by atoms with Crippen LogP contribution in [0.1, 0.15) is 28.8 Å². The molecule has 1 aliphatic heterocycles. The molecule has 0 bridgehead atoms. The second kappa shape index (κ2) is 5.92. The molecule has 1 aliphatic carbocycles. The minimum atomic E-state index is 0.0890. The van der Waals surface area contributed by atoms with Crippen molar-refractivity contribution in [3.05, 3.63) is 59.7 Å². The molecule has 5 rings (SSSR count). The molecule has 1 fully saturated rings. The summed E-state index contributed by atoms with van der Waals surface area (Å²) in [6.45, 7) is 1.89. The lowest BCUT2D eigenvalue weighted by Crippen LogP contribution is -2.37. The van der Waals surface area contributed by atoms with Crippen LogP contribution in [0.3, 0.4) is 0 Å². The molecule has 1 saturated heterocycles. The maximum atomic E-state index is 13.2. The van der Waals surface area contributed by atoms with Gasteiger partial charge in [-0.1, -0.05) is 42.5 Å². The molecule has 2 aliphatic rings. The Morgan fingerprint density at radius 3 is 2.65 bits per heavy atom. The maximum Gasteiger partial charge on any atom is 0.195 e. The molecule has 130 valence electrons. The van der Waals surface area contributed by atoms with Crippen molar-refractivity contribution in [3.8, 4) is 11.1 Å². The SMILES string of the molecule is O=C1c2ccccc2-c2c(N3CCCC(CO)C3)nc3ccccc3c21. The van der Waals surface area contributed by atoms with Gasteiger partial charge in [0.1, 0.15) is 5.82 Å². The van der Waals surface area contributed by atoms with Crippen molar-refractivity contribution in [1.82, 2.24) is 4.98 Å². The van der Waals surface area contributed by atoms with Crippen molar-refractivity contribution in [3.63, 3.8) is 0 Å². The first-order valence-electron chi connectivity index (χ1n) is 9.20. The van der Waals surface area contributed by atoms with Crippen LogP contribution in [0, 0.1) is 5.92 Å². The number of para-hydroxylation sites is 1. The Morgan fingerprint density at radius 2 is 1.81 bits per heavy atom. The summed E-state index contributed by atoms with van der Waals surface area (Å²) in [5, 5.41) is 10.5. The minimum absolute atomic E-state index is 0.0890. The molecule has 3 aromatic rings. The van der Waals surface area contributed by atoms with Gasteiger partial charge in [-0.25, -0.2) is 4.98 Å². The quantitative estimate of drug-likeness (QED) is 0.603. The van der Waals surface area contributed by atoms with Crippen LogP contribution in [-0.2, 0) is 0 Å². The van der Waals surface area contributed by atoms with E-state index in [4.69, 9.17) is 4.98 Å². The highest BCUT2D eigenvalue weighted by atomic mass is 16.3. The van der Waals surface area contributed by atoms with Gasteiger partial charge >= 0.3 is 0 Å². The molecule has 1 aromatic heterocycles. The van der Waals surface area contributed by atoms with E-state index in [0.29, 0.717) is 0 Å². The molecule has 1 N–H and O–H groups in total. The van der Waals surface area contributed by atoms with Crippen LogP contribution in [-0.4, -0.2) is 35.6 Å². The van der Waals surface area contributed by atoms with E-state index >= 15 is 0 Å². The van der Waals surface area contributed by atoms with Crippen molar-refractivity contribution >= 4 is 22.5 Å². The molecule has 0 saturated carbocycles. The van der Waals surface area contributed by atoms with Crippen LogP contribution in [0.25, 0.3) is 22.0 Å². The molecule has 4 heteroatoms. The molecule has 0 amide bonds. The molecule has 2 heterocycles. The Labute approximate surface area is 152 Å². The normalized spacial score (nSPS) is 18.9. The third kappa shape index (κ3) is 2.19. The van der Waals surface area contributed by atoms with Gasteiger partial charge in [-0.15, -0.1) is 0 Å². The fourth-order valence-corrected chi connectivity index (χ4v) is 4.36. The summed E-state index contributed by atoms with van der Waals surface area (Å²) in [5.41, 5.74) is 4.33. The van der Waals surface area contributed by atoms with Gasteiger partial charge in [0, 0.05) is 41.8 Å². The smallest absolute Gasteiger partial charge is 0.195 e. The van der Waals surface area contributed by atoms with Gasteiger partial charge in [0.15, 0.2) is 5.78 Å². The van der Waals surface area contributed by atoms with Gasteiger partial charge in [0.05, 0.1) is 5.52 Å². The number of carbonyl (C=O) groups excluding carboxylic acids is 1. The molecule has 0 spiro atoms. The molecule has 0 radical (unpaired) electrons. The zero-order valence-corrected chi connectivity index (χ0v) is 14.5. The standard InChI is InChI=1S/C22H20N2O2/c25-13-14-6-5-11-24(12-14)22-20-15-7-1-2-8-16(15)21(26)19(20)17-9-3-4-10-18(17)23-22/h1-4,7-10,14,25H,5-6,11-13H2. The second-order valence-electron chi connectivity index (χ2n) is 7.21. The maximum absolute atomic E-state index is 13.2. The first-order chi connectivity index (χ1) is 12.8. The number of nitrogens with zero attached hydrogens (tertiary/aromatic N) is 2. The largest absolute Gasteiger partial charge is 0.396 e. The monoisotopic (exact) mass is 344 g/mol. The molecular formula is C22H20N2O2. The van der Waals surface area contributed by atoms with E-state index in [1.165, 1.54) is 0 Å². The number of hydrogen-bond donors (Lipinski definition) is 1. The highest BCUT2D eigenvalue weighted by Gasteiger charge is 2.34. The lowest BCUT2D eigenvalue weighted by Gasteiger charge is -2.34. The van der Waals surface area contributed by atoms with Gasteiger partial charge in [0.2, 0.25) is 0 Å². The molecule has 2 aromatic carbocycles. The summed E-state index contributed by atoms with van der Waals surface area (Å²) in [4.78, 5) is 20.4. The van der Waals surface area contributed by atoms with Crippen molar-refractivity contribution < 1.29 is 9.90 Å². The molecule has 1 atom stereocenters. The molecule has 4 nitrogen and oxygen atoms in total. The first-order valence-corrected chi connectivity index (χ1v) is 9.20. The summed E-state index contributed by atoms with van der Waals surface area (Å²) < 4.78 is 0. The van der Waals surface area contributed by atoms with Crippen LogP contribution in [0.5, 0.6) is 0 Å². The zero-order chi connectivity index (χ0) is 17.7. The molecule has 1 unspecified atom stereocenters. The lowest BCUT2D eigenvalue weighted by atomic mass is 9.97. The first kappa shape index (κ1) is 15.5. The summed E-state index contributed by atoms with van der Waals surface area (Å²) in [7, 11) is 0. The van der Waals surface area contributed by atoms with E-state index in [9.17, 15) is 9.90 Å². The van der Waals surface area contributed by atoms with E-state index in [1.54, 1.807) is 0 Å². The molecular weight excluding hydrogens is 324 g/mol. The topological polar surface area (TPSA) is 53.4 Å². The third-order valence-electron chi connectivity index (χ3n) is 5.62. The van der Waals surface area contributed by atoms with Crippen molar-refractivity contribution in [2.75, 3.05) is 24.6 Å². The number of fused-ring (bicyclic) bond motifs is 5. The average Bonchev–Trinajstić information content (AvgIpc) is 3.01. The number of hydrogen-bond acceptors (Lipinski definition) is 4. The van der Waals surface area contributed by atoms with Crippen LogP contribution in [0.4, 0.5) is 5.82 Å². The number of aromatic nitrogens is 1. The van der Waals surface area contributed by atoms with Crippen LogP contribution < -0.4 is 4.90 Å². The second-order valence-corrected chi connectivity index (χ2v) is 7.21. The highest BCUT2D eigenvalue weighted by Crippen LogP contribution is 2.45. The Morgan fingerprint density at radius 1 is 1.04 bits per heavy atom. The molecule has 26 heavy (non-hydrogen) atoms. The van der Waals surface area contributed by atoms with Gasteiger partial charge in [-0.05, 0) is 30.4 Å². The van der Waals surface area contributed by atoms with E-state index in [-0.39, 0.29) is 18.3 Å². The number of anilines is 1. The number of aliphatic hydroxyl groups is 1. The number of rotatable bonds is 2. The fourth-order valence-electron chi connectivity index (χ4n) is 4.36. The number of piperidine rings is 1. The van der Waals surface area contributed by atoms with Crippen molar-refractivity contribution in [1.29, 1.82) is 0 Å². The van der Waals surface area contributed by atoms with E-state index in [1.807, 2.05) is 48.5 Å². The van der Waals surface area contributed by atoms with E-state index in [2.05, 4.69) is 4.90 Å². The third-order valence-corrected chi connectivity index (χ3v) is 5.62. The van der Waals surface area contributed by atoms with E-state index < -0.39 is 0 Å². The van der Waals surface area contributed by atoms with Crippen molar-refractivity contribution in [2.45, 2.75) is 12.8 Å². The Bertz CT molecular complexity index is 1030. The Balaban J connectivity index is 1.79. The fraction of sp³-hybridized carbons (Fsp3) is 0.273. The number of ketones is 1.